The molecule has 0 radical (unpaired) electrons. The van der Waals surface area contributed by atoms with Gasteiger partial charge in [0.1, 0.15) is 12.1 Å². The summed E-state index contributed by atoms with van der Waals surface area (Å²) in [5.74, 6) is 1.59. The Morgan fingerprint density at radius 3 is 2.74 bits per heavy atom. The molecule has 0 fully saturated rings. The third-order valence-electron chi connectivity index (χ3n) is 5.40. The fraction of sp³-hybridized carbons (Fsp3) is 0.476. The van der Waals surface area contributed by atoms with Gasteiger partial charge in [0, 0.05) is 37.4 Å². The minimum atomic E-state index is 0.0983. The first kappa shape index (κ1) is 17.9. The van der Waals surface area contributed by atoms with E-state index in [4.69, 9.17) is 0 Å². The van der Waals surface area contributed by atoms with Crippen LogP contribution in [0.15, 0.2) is 36.7 Å². The number of aromatic nitrogens is 4. The SMILES string of the molecule is Cc1cc(NC(CN2CCc3ccccc3C2)C(C)(C)C)n2ncnc2n1. The van der Waals surface area contributed by atoms with E-state index in [1.165, 1.54) is 11.1 Å². The van der Waals surface area contributed by atoms with Gasteiger partial charge in [0.15, 0.2) is 0 Å². The van der Waals surface area contributed by atoms with Gasteiger partial charge in [-0.05, 0) is 29.9 Å². The van der Waals surface area contributed by atoms with Crippen LogP contribution in [0.2, 0.25) is 0 Å². The van der Waals surface area contributed by atoms with Gasteiger partial charge in [0.2, 0.25) is 0 Å². The van der Waals surface area contributed by atoms with Crippen LogP contribution in [0.1, 0.15) is 37.6 Å². The van der Waals surface area contributed by atoms with Crippen LogP contribution in [-0.4, -0.2) is 43.6 Å². The fourth-order valence-corrected chi connectivity index (χ4v) is 3.72. The lowest BCUT2D eigenvalue weighted by Gasteiger charge is -2.38. The van der Waals surface area contributed by atoms with Gasteiger partial charge in [-0.15, -0.1) is 0 Å². The minimum Gasteiger partial charge on any atom is -0.365 e. The predicted octanol–water partition coefficient (Wildman–Crippen LogP) is 3.32. The molecule has 0 bridgehead atoms. The Balaban J connectivity index is 1.56. The Kier molecular flexibility index (Phi) is 4.60. The van der Waals surface area contributed by atoms with Crippen LogP contribution in [0.5, 0.6) is 0 Å². The molecule has 3 aromatic rings. The number of benzene rings is 1. The lowest BCUT2D eigenvalue weighted by atomic mass is 9.85. The molecule has 1 N–H and O–H groups in total. The first-order chi connectivity index (χ1) is 12.9. The van der Waals surface area contributed by atoms with Gasteiger partial charge < -0.3 is 5.32 Å². The van der Waals surface area contributed by atoms with Gasteiger partial charge in [0.25, 0.3) is 5.78 Å². The summed E-state index contributed by atoms with van der Waals surface area (Å²) in [4.78, 5) is 11.2. The van der Waals surface area contributed by atoms with Crippen molar-refractivity contribution in [1.29, 1.82) is 0 Å². The minimum absolute atomic E-state index is 0.0983. The molecular formula is C21H28N6. The molecule has 1 aliphatic rings. The first-order valence-electron chi connectivity index (χ1n) is 9.63. The molecule has 0 aliphatic carbocycles. The first-order valence-corrected chi connectivity index (χ1v) is 9.63. The zero-order valence-electron chi connectivity index (χ0n) is 16.6. The molecule has 6 heteroatoms. The van der Waals surface area contributed by atoms with Gasteiger partial charge in [0.05, 0.1) is 0 Å². The Hall–Kier alpha value is -2.47. The molecule has 3 heterocycles. The number of nitrogens with one attached hydrogen (secondary N) is 1. The largest absolute Gasteiger partial charge is 0.365 e. The number of hydrogen-bond acceptors (Lipinski definition) is 5. The molecule has 27 heavy (non-hydrogen) atoms. The molecule has 6 nitrogen and oxygen atoms in total. The maximum atomic E-state index is 4.45. The maximum Gasteiger partial charge on any atom is 0.254 e. The molecule has 2 aromatic heterocycles. The van der Waals surface area contributed by atoms with Crippen LogP contribution in [0, 0.1) is 12.3 Å². The number of rotatable bonds is 4. The van der Waals surface area contributed by atoms with Crippen LogP contribution in [0.4, 0.5) is 5.82 Å². The Labute approximate surface area is 160 Å². The highest BCUT2D eigenvalue weighted by Crippen LogP contribution is 2.27. The van der Waals surface area contributed by atoms with E-state index in [0.717, 1.165) is 37.6 Å². The normalized spacial score (nSPS) is 16.3. The number of hydrogen-bond donors (Lipinski definition) is 1. The van der Waals surface area contributed by atoms with Crippen LogP contribution in [0.25, 0.3) is 5.78 Å². The van der Waals surface area contributed by atoms with Crippen molar-refractivity contribution in [3.8, 4) is 0 Å². The average molecular weight is 364 g/mol. The summed E-state index contributed by atoms with van der Waals surface area (Å²) in [5.41, 5.74) is 3.98. The predicted molar refractivity (Wildman–Crippen MR) is 108 cm³/mol. The van der Waals surface area contributed by atoms with Crippen LogP contribution >= 0.6 is 0 Å². The molecule has 4 rings (SSSR count). The van der Waals surface area contributed by atoms with Crippen molar-refractivity contribution in [2.24, 2.45) is 5.41 Å². The van der Waals surface area contributed by atoms with E-state index < -0.39 is 0 Å². The third kappa shape index (κ3) is 3.81. The van der Waals surface area contributed by atoms with Crippen molar-refractivity contribution in [3.05, 3.63) is 53.5 Å². The zero-order valence-corrected chi connectivity index (χ0v) is 16.6. The fourth-order valence-electron chi connectivity index (χ4n) is 3.72. The topological polar surface area (TPSA) is 58.4 Å². The van der Waals surface area contributed by atoms with E-state index in [-0.39, 0.29) is 11.5 Å². The van der Waals surface area contributed by atoms with Gasteiger partial charge in [-0.2, -0.15) is 14.6 Å². The summed E-state index contributed by atoms with van der Waals surface area (Å²) in [5, 5.41) is 8.08. The standard InChI is InChI=1S/C21H28N6/c1-15-11-19(27-20(24-15)22-14-23-27)25-18(21(2,3)4)13-26-10-9-16-7-5-6-8-17(16)12-26/h5-8,11,14,18,25H,9-10,12-13H2,1-4H3. The van der Waals surface area contributed by atoms with Crippen molar-refractivity contribution >= 4 is 11.6 Å². The second-order valence-corrected chi connectivity index (χ2v) is 8.57. The van der Waals surface area contributed by atoms with Crippen LogP contribution in [0.3, 0.4) is 0 Å². The van der Waals surface area contributed by atoms with Crippen molar-refractivity contribution in [3.63, 3.8) is 0 Å². The molecule has 1 atom stereocenters. The van der Waals surface area contributed by atoms with E-state index in [0.29, 0.717) is 5.78 Å². The summed E-state index contributed by atoms with van der Waals surface area (Å²) in [6, 6.07) is 11.1. The smallest absolute Gasteiger partial charge is 0.254 e. The average Bonchev–Trinajstić information content (AvgIpc) is 3.08. The summed E-state index contributed by atoms with van der Waals surface area (Å²) in [7, 11) is 0. The molecule has 1 unspecified atom stereocenters. The van der Waals surface area contributed by atoms with Crippen LogP contribution < -0.4 is 5.32 Å². The number of nitrogens with zero attached hydrogens (tertiary/aromatic N) is 5. The zero-order chi connectivity index (χ0) is 19.0. The Bertz CT molecular complexity index is 939. The molecule has 0 saturated heterocycles. The highest BCUT2D eigenvalue weighted by Gasteiger charge is 2.29. The van der Waals surface area contributed by atoms with Crippen molar-refractivity contribution in [2.45, 2.75) is 46.7 Å². The van der Waals surface area contributed by atoms with E-state index in [9.17, 15) is 0 Å². The summed E-state index contributed by atoms with van der Waals surface area (Å²) in [6.07, 6.45) is 2.68. The van der Waals surface area contributed by atoms with Gasteiger partial charge >= 0.3 is 0 Å². The molecular weight excluding hydrogens is 336 g/mol. The molecule has 0 spiro atoms. The molecule has 0 amide bonds. The number of fused-ring (bicyclic) bond motifs is 2. The Morgan fingerprint density at radius 1 is 1.19 bits per heavy atom. The summed E-state index contributed by atoms with van der Waals surface area (Å²) < 4.78 is 1.79. The van der Waals surface area contributed by atoms with E-state index in [2.05, 4.69) is 70.3 Å². The van der Waals surface area contributed by atoms with Crippen molar-refractivity contribution in [2.75, 3.05) is 18.4 Å². The number of anilines is 1. The molecule has 142 valence electrons. The summed E-state index contributed by atoms with van der Waals surface area (Å²) in [6.45, 7) is 11.9. The molecule has 1 aromatic carbocycles. The van der Waals surface area contributed by atoms with Crippen molar-refractivity contribution in [1.82, 2.24) is 24.5 Å². The Morgan fingerprint density at radius 2 is 1.96 bits per heavy atom. The maximum absolute atomic E-state index is 4.45. The highest BCUT2D eigenvalue weighted by atomic mass is 15.4. The van der Waals surface area contributed by atoms with E-state index in [1.54, 1.807) is 10.8 Å². The monoisotopic (exact) mass is 364 g/mol. The summed E-state index contributed by atoms with van der Waals surface area (Å²) >= 11 is 0. The second kappa shape index (κ2) is 6.93. The molecule has 0 saturated carbocycles. The third-order valence-corrected chi connectivity index (χ3v) is 5.40. The van der Waals surface area contributed by atoms with Crippen LogP contribution in [-0.2, 0) is 13.0 Å². The second-order valence-electron chi connectivity index (χ2n) is 8.57. The van der Waals surface area contributed by atoms with Gasteiger partial charge in [-0.25, -0.2) is 4.98 Å². The number of aryl methyl sites for hydroxylation is 1. The molecule has 1 aliphatic heterocycles. The van der Waals surface area contributed by atoms with E-state index in [1.807, 2.05) is 13.0 Å². The van der Waals surface area contributed by atoms with Crippen molar-refractivity contribution < 1.29 is 0 Å². The quantitative estimate of drug-likeness (QED) is 0.770. The highest BCUT2D eigenvalue weighted by molar-refractivity contribution is 5.45. The van der Waals surface area contributed by atoms with Gasteiger partial charge in [-0.3, -0.25) is 4.90 Å². The lowest BCUT2D eigenvalue weighted by Crippen LogP contribution is -2.46. The lowest BCUT2D eigenvalue weighted by molar-refractivity contribution is 0.196. The van der Waals surface area contributed by atoms with Gasteiger partial charge in [-0.1, -0.05) is 45.0 Å². The van der Waals surface area contributed by atoms with E-state index >= 15 is 0 Å².